The van der Waals surface area contributed by atoms with Gasteiger partial charge in [0, 0.05) is 35.2 Å². The van der Waals surface area contributed by atoms with E-state index < -0.39 is 52.1 Å². The van der Waals surface area contributed by atoms with E-state index in [2.05, 4.69) is 15.5 Å². The number of rotatable bonds is 9. The molecular formula is C46H50F8N4O3S. The molecule has 2 unspecified atom stereocenters. The summed E-state index contributed by atoms with van der Waals surface area (Å²) in [5.74, 6) is -2.74. The summed E-state index contributed by atoms with van der Waals surface area (Å²) in [5.41, 5.74) is -1.38. The van der Waals surface area contributed by atoms with Gasteiger partial charge < -0.3 is 25.2 Å². The Bertz CT molecular complexity index is 2210. The molecule has 0 spiro atoms. The third-order valence-corrected chi connectivity index (χ3v) is 12.8. The minimum absolute atomic E-state index is 0.0229. The van der Waals surface area contributed by atoms with Gasteiger partial charge >= 0.3 is 12.4 Å². The molecule has 3 aliphatic rings. The summed E-state index contributed by atoms with van der Waals surface area (Å²) in [4.78, 5) is 31.0. The summed E-state index contributed by atoms with van der Waals surface area (Å²) in [7, 11) is 5.02. The maximum absolute atomic E-state index is 14.8. The van der Waals surface area contributed by atoms with Crippen LogP contribution in [0.15, 0.2) is 83.8 Å². The predicted molar refractivity (Wildman–Crippen MR) is 222 cm³/mol. The molecule has 2 atom stereocenters. The number of nitrogens with one attached hydrogen (secondary N) is 2. The van der Waals surface area contributed by atoms with Crippen LogP contribution in [-0.2, 0) is 23.4 Å². The molecule has 62 heavy (non-hydrogen) atoms. The molecule has 16 heteroatoms. The standard InChI is InChI=1S/C24H27F3N2O.C22H23F5N2O2S/c1-29-14-6-13-23(16-29,18-9-3-2-4-10-18)28-22(30)20-12-11-19(24(25,26)27)15-21(20)17-7-5-8-17;1-29-8-4-7-21(12-29,15-6-5-14(23)11-16(15)24)28-20(30)19-17(31-2)9-13(22(25,26)27)10-18(19)32-3/h2-4,9-12,15,17H,5-8,13-14,16H2,1H3,(H,28,30);5-6,9-11H,4,7-8,12H2,1-3H3,(H,28,30). The summed E-state index contributed by atoms with van der Waals surface area (Å²) in [6.07, 6.45) is -2.09. The number of carbonyl (C=O) groups excluding carboxylic acids is 2. The number of benzene rings is 4. The molecule has 1 saturated carbocycles. The minimum atomic E-state index is -4.61. The second kappa shape index (κ2) is 19.0. The SMILES string of the molecule is CN1CCCC(NC(=O)c2ccc(C(F)(F)F)cc2C2CCC2)(c2ccccc2)C1.COc1cc(C(F)(F)F)cc(SC)c1C(=O)NC1(c2ccc(F)cc2F)CCCN(C)C1. The first-order valence-electron chi connectivity index (χ1n) is 20.4. The van der Waals surface area contributed by atoms with E-state index >= 15 is 0 Å². The van der Waals surface area contributed by atoms with Gasteiger partial charge in [-0.05, 0) is 125 Å². The van der Waals surface area contributed by atoms with E-state index in [-0.39, 0.29) is 40.1 Å². The van der Waals surface area contributed by atoms with Gasteiger partial charge in [-0.1, -0.05) is 42.8 Å². The molecule has 2 amide bonds. The summed E-state index contributed by atoms with van der Waals surface area (Å²) in [6, 6.07) is 18.3. The number of halogens is 8. The highest BCUT2D eigenvalue weighted by atomic mass is 32.2. The van der Waals surface area contributed by atoms with Crippen LogP contribution in [0, 0.1) is 11.6 Å². The number of ether oxygens (including phenoxy) is 1. The molecule has 2 heterocycles. The molecule has 2 aliphatic heterocycles. The van der Waals surface area contributed by atoms with Crippen molar-refractivity contribution < 1.29 is 49.4 Å². The van der Waals surface area contributed by atoms with Crippen molar-refractivity contribution in [1.29, 1.82) is 0 Å². The van der Waals surface area contributed by atoms with Crippen molar-refractivity contribution >= 4 is 23.6 Å². The fraction of sp³-hybridized carbons (Fsp3) is 0.435. The third-order valence-electron chi connectivity index (χ3n) is 12.1. The first kappa shape index (κ1) is 46.8. The largest absolute Gasteiger partial charge is 0.496 e. The summed E-state index contributed by atoms with van der Waals surface area (Å²) < 4.78 is 113. The fourth-order valence-corrected chi connectivity index (χ4v) is 9.48. The normalized spacial score (nSPS) is 21.3. The zero-order valence-corrected chi connectivity index (χ0v) is 35.7. The van der Waals surface area contributed by atoms with E-state index in [0.29, 0.717) is 30.5 Å². The Morgan fingerprint density at radius 2 is 1.35 bits per heavy atom. The molecule has 7 rings (SSSR count). The van der Waals surface area contributed by atoms with E-state index in [4.69, 9.17) is 4.74 Å². The lowest BCUT2D eigenvalue weighted by molar-refractivity contribution is -0.138. The average molecular weight is 891 g/mol. The maximum Gasteiger partial charge on any atom is 0.416 e. The smallest absolute Gasteiger partial charge is 0.416 e. The molecule has 0 radical (unpaired) electrons. The Labute approximate surface area is 360 Å². The first-order valence-corrected chi connectivity index (χ1v) is 21.6. The highest BCUT2D eigenvalue weighted by Crippen LogP contribution is 2.43. The molecule has 4 aromatic rings. The van der Waals surface area contributed by atoms with Gasteiger partial charge in [0.2, 0.25) is 0 Å². The predicted octanol–water partition coefficient (Wildman–Crippen LogP) is 10.4. The highest BCUT2D eigenvalue weighted by molar-refractivity contribution is 7.98. The number of amides is 2. The van der Waals surface area contributed by atoms with E-state index in [1.807, 2.05) is 49.3 Å². The van der Waals surface area contributed by atoms with Crippen LogP contribution < -0.4 is 15.4 Å². The molecule has 0 aromatic heterocycles. The number of piperidine rings is 2. The van der Waals surface area contributed by atoms with Crippen molar-refractivity contribution in [2.75, 3.05) is 53.6 Å². The van der Waals surface area contributed by atoms with Crippen molar-refractivity contribution in [3.63, 3.8) is 0 Å². The highest BCUT2D eigenvalue weighted by Gasteiger charge is 2.42. The summed E-state index contributed by atoms with van der Waals surface area (Å²) >= 11 is 0.971. The zero-order valence-electron chi connectivity index (χ0n) is 34.9. The molecule has 0 bridgehead atoms. The van der Waals surface area contributed by atoms with Crippen molar-refractivity contribution in [2.45, 2.75) is 79.2 Å². The van der Waals surface area contributed by atoms with Crippen LogP contribution in [0.1, 0.15) is 99.4 Å². The second-order valence-corrected chi connectivity index (χ2v) is 17.3. The van der Waals surface area contributed by atoms with E-state index in [9.17, 15) is 44.7 Å². The van der Waals surface area contributed by atoms with Gasteiger partial charge in [0.25, 0.3) is 11.8 Å². The van der Waals surface area contributed by atoms with Crippen LogP contribution >= 0.6 is 11.8 Å². The third kappa shape index (κ3) is 10.4. The molecule has 3 fully saturated rings. The van der Waals surface area contributed by atoms with Gasteiger partial charge in [-0.15, -0.1) is 11.8 Å². The van der Waals surface area contributed by atoms with Crippen LogP contribution in [0.25, 0.3) is 0 Å². The Hall–Kier alpha value is -4.67. The van der Waals surface area contributed by atoms with Crippen LogP contribution in [-0.4, -0.2) is 75.3 Å². The van der Waals surface area contributed by atoms with Gasteiger partial charge in [0.05, 0.1) is 34.9 Å². The quantitative estimate of drug-likeness (QED) is 0.129. The van der Waals surface area contributed by atoms with Gasteiger partial charge in [-0.2, -0.15) is 26.3 Å². The Kier molecular flexibility index (Phi) is 14.3. The molecule has 2 saturated heterocycles. The van der Waals surface area contributed by atoms with Gasteiger partial charge in [0.15, 0.2) is 0 Å². The lowest BCUT2D eigenvalue weighted by atomic mass is 9.77. The summed E-state index contributed by atoms with van der Waals surface area (Å²) in [5, 5.41) is 6.08. The van der Waals surface area contributed by atoms with Gasteiger partial charge in [-0.3, -0.25) is 9.59 Å². The number of likely N-dealkylation sites (tertiary alicyclic amines) is 2. The van der Waals surface area contributed by atoms with Gasteiger partial charge in [0.1, 0.15) is 17.4 Å². The van der Waals surface area contributed by atoms with Crippen molar-refractivity contribution in [3.8, 4) is 5.75 Å². The number of alkyl halides is 6. The average Bonchev–Trinajstić information content (AvgIpc) is 3.19. The van der Waals surface area contributed by atoms with E-state index in [1.54, 1.807) is 6.26 Å². The van der Waals surface area contributed by atoms with Crippen LogP contribution in [0.3, 0.4) is 0 Å². The monoisotopic (exact) mass is 890 g/mol. The van der Waals surface area contributed by atoms with Crippen LogP contribution in [0.2, 0.25) is 0 Å². The molecule has 334 valence electrons. The number of hydrogen-bond donors (Lipinski definition) is 2. The summed E-state index contributed by atoms with van der Waals surface area (Å²) in [6.45, 7) is 2.60. The number of thioether (sulfide) groups is 1. The number of carbonyl (C=O) groups is 2. The Morgan fingerprint density at radius 1 is 0.742 bits per heavy atom. The number of likely N-dealkylation sites (N-methyl/N-ethyl adjacent to an activating group) is 2. The molecule has 2 N–H and O–H groups in total. The maximum atomic E-state index is 14.8. The molecule has 4 aromatic carbocycles. The zero-order chi connectivity index (χ0) is 45.0. The lowest BCUT2D eigenvalue weighted by Gasteiger charge is -2.43. The molecule has 1 aliphatic carbocycles. The molecular weight excluding hydrogens is 841 g/mol. The fourth-order valence-electron chi connectivity index (χ4n) is 8.84. The van der Waals surface area contributed by atoms with Crippen molar-refractivity contribution in [2.24, 2.45) is 0 Å². The minimum Gasteiger partial charge on any atom is -0.496 e. The lowest BCUT2D eigenvalue weighted by Crippen LogP contribution is -2.56. The number of nitrogens with zero attached hydrogens (tertiary/aromatic N) is 2. The number of hydrogen-bond acceptors (Lipinski definition) is 6. The number of methoxy groups -OCH3 is 1. The van der Waals surface area contributed by atoms with Crippen molar-refractivity contribution in [3.05, 3.63) is 129 Å². The Balaban J connectivity index is 0.000000207. The van der Waals surface area contributed by atoms with Crippen LogP contribution in [0.5, 0.6) is 5.75 Å². The van der Waals surface area contributed by atoms with Crippen LogP contribution in [0.4, 0.5) is 35.1 Å². The topological polar surface area (TPSA) is 73.9 Å². The van der Waals surface area contributed by atoms with Gasteiger partial charge in [-0.25, -0.2) is 8.78 Å². The Morgan fingerprint density at radius 3 is 1.90 bits per heavy atom. The van der Waals surface area contributed by atoms with E-state index in [0.717, 1.165) is 92.9 Å². The molecule has 7 nitrogen and oxygen atoms in total. The van der Waals surface area contributed by atoms with Crippen molar-refractivity contribution in [1.82, 2.24) is 20.4 Å². The second-order valence-electron chi connectivity index (χ2n) is 16.4. The van der Waals surface area contributed by atoms with E-state index in [1.165, 1.54) is 25.3 Å². The first-order chi connectivity index (χ1) is 29.3.